The summed E-state index contributed by atoms with van der Waals surface area (Å²) in [6, 6.07) is 3.85. The second-order valence-electron chi connectivity index (χ2n) is 3.47. The molecule has 16 heavy (non-hydrogen) atoms. The van der Waals surface area contributed by atoms with E-state index < -0.39 is 0 Å². The Labute approximate surface area is 104 Å². The molecule has 4 heteroatoms. The normalized spacial score (nSPS) is 10.2. The quantitative estimate of drug-likeness (QED) is 0.846. The number of halogens is 1. The van der Waals surface area contributed by atoms with Gasteiger partial charge < -0.3 is 10.5 Å². The minimum atomic E-state index is 0.0235. The molecule has 88 valence electrons. The van der Waals surface area contributed by atoms with E-state index in [1.54, 1.807) is 7.11 Å². The summed E-state index contributed by atoms with van der Waals surface area (Å²) in [7, 11) is 1.56. The standard InChI is InChI=1S/C12H16BrNO2/c1-3-8-6-9(11(15)4-5-14)12(16-2)10(13)7-8/h6-7H,3-5,14H2,1-2H3. The lowest BCUT2D eigenvalue weighted by Gasteiger charge is -2.11. The Kier molecular flexibility index (Phi) is 4.96. The van der Waals surface area contributed by atoms with Crippen molar-refractivity contribution in [3.63, 3.8) is 0 Å². The number of rotatable bonds is 5. The molecule has 2 N–H and O–H groups in total. The van der Waals surface area contributed by atoms with Crippen LogP contribution < -0.4 is 10.5 Å². The van der Waals surface area contributed by atoms with Gasteiger partial charge in [-0.05, 0) is 46.6 Å². The molecule has 0 heterocycles. The maximum atomic E-state index is 11.9. The number of hydrogen-bond acceptors (Lipinski definition) is 3. The van der Waals surface area contributed by atoms with Gasteiger partial charge in [0.1, 0.15) is 5.75 Å². The van der Waals surface area contributed by atoms with Crippen molar-refractivity contribution >= 4 is 21.7 Å². The van der Waals surface area contributed by atoms with Crippen molar-refractivity contribution in [1.82, 2.24) is 0 Å². The fourth-order valence-electron chi connectivity index (χ4n) is 1.53. The summed E-state index contributed by atoms with van der Waals surface area (Å²) in [4.78, 5) is 11.9. The molecule has 0 unspecified atom stereocenters. The summed E-state index contributed by atoms with van der Waals surface area (Å²) in [5.74, 6) is 0.617. The maximum Gasteiger partial charge on any atom is 0.167 e. The largest absolute Gasteiger partial charge is 0.495 e. The summed E-state index contributed by atoms with van der Waals surface area (Å²) in [5.41, 5.74) is 7.11. The van der Waals surface area contributed by atoms with Crippen molar-refractivity contribution in [1.29, 1.82) is 0 Å². The van der Waals surface area contributed by atoms with Gasteiger partial charge in [0, 0.05) is 6.42 Å². The number of nitrogens with two attached hydrogens (primary N) is 1. The van der Waals surface area contributed by atoms with Crippen LogP contribution in [0.3, 0.4) is 0 Å². The molecule has 1 aromatic rings. The molecule has 0 atom stereocenters. The van der Waals surface area contributed by atoms with Crippen LogP contribution >= 0.6 is 15.9 Å². The maximum absolute atomic E-state index is 11.9. The molecule has 0 radical (unpaired) electrons. The van der Waals surface area contributed by atoms with Crippen LogP contribution in [0.5, 0.6) is 5.75 Å². The second-order valence-corrected chi connectivity index (χ2v) is 4.33. The number of hydrogen-bond donors (Lipinski definition) is 1. The average molecular weight is 286 g/mol. The first-order valence-corrected chi connectivity index (χ1v) is 6.03. The fourth-order valence-corrected chi connectivity index (χ4v) is 2.20. The van der Waals surface area contributed by atoms with Gasteiger partial charge in [0.2, 0.25) is 0 Å². The Morgan fingerprint density at radius 2 is 2.19 bits per heavy atom. The molecule has 0 aliphatic carbocycles. The van der Waals surface area contributed by atoms with Gasteiger partial charge in [0.05, 0.1) is 17.1 Å². The van der Waals surface area contributed by atoms with Crippen LogP contribution in [0, 0.1) is 0 Å². The van der Waals surface area contributed by atoms with Crippen LogP contribution in [-0.4, -0.2) is 19.4 Å². The summed E-state index contributed by atoms with van der Waals surface area (Å²) >= 11 is 3.41. The van der Waals surface area contributed by atoms with Crippen molar-refractivity contribution < 1.29 is 9.53 Å². The number of benzene rings is 1. The number of methoxy groups -OCH3 is 1. The van der Waals surface area contributed by atoms with E-state index in [0.717, 1.165) is 16.5 Å². The lowest BCUT2D eigenvalue weighted by Crippen LogP contribution is -2.10. The van der Waals surface area contributed by atoms with Crippen LogP contribution in [0.1, 0.15) is 29.3 Å². The minimum absolute atomic E-state index is 0.0235. The fraction of sp³-hybridized carbons (Fsp3) is 0.417. The van der Waals surface area contributed by atoms with Crippen molar-refractivity contribution in [3.05, 3.63) is 27.7 Å². The zero-order valence-corrected chi connectivity index (χ0v) is 11.1. The molecule has 0 aromatic heterocycles. The van der Waals surface area contributed by atoms with E-state index in [1.807, 2.05) is 19.1 Å². The number of Topliss-reactive ketones (excluding diaryl/α,β-unsaturated/α-hetero) is 1. The Morgan fingerprint density at radius 1 is 1.50 bits per heavy atom. The summed E-state index contributed by atoms with van der Waals surface area (Å²) in [6.07, 6.45) is 1.22. The van der Waals surface area contributed by atoms with Crippen molar-refractivity contribution in [3.8, 4) is 5.75 Å². The molecule has 0 saturated heterocycles. The highest BCUT2D eigenvalue weighted by Crippen LogP contribution is 2.31. The smallest absolute Gasteiger partial charge is 0.167 e. The SMILES string of the molecule is CCc1cc(Br)c(OC)c(C(=O)CCN)c1. The van der Waals surface area contributed by atoms with Gasteiger partial charge in [-0.3, -0.25) is 4.79 Å². The van der Waals surface area contributed by atoms with Crippen LogP contribution in [-0.2, 0) is 6.42 Å². The Balaban J connectivity index is 3.22. The summed E-state index contributed by atoms with van der Waals surface area (Å²) in [6.45, 7) is 2.40. The predicted octanol–water partition coefficient (Wildman–Crippen LogP) is 2.55. The van der Waals surface area contributed by atoms with E-state index in [0.29, 0.717) is 24.3 Å². The van der Waals surface area contributed by atoms with Gasteiger partial charge in [-0.25, -0.2) is 0 Å². The van der Waals surface area contributed by atoms with E-state index in [1.165, 1.54) is 0 Å². The highest BCUT2D eigenvalue weighted by Gasteiger charge is 2.15. The van der Waals surface area contributed by atoms with E-state index in [4.69, 9.17) is 10.5 Å². The number of aryl methyl sites for hydroxylation is 1. The lowest BCUT2D eigenvalue weighted by atomic mass is 10.0. The topological polar surface area (TPSA) is 52.3 Å². The predicted molar refractivity (Wildman–Crippen MR) is 68.1 cm³/mol. The first-order chi connectivity index (χ1) is 7.63. The highest BCUT2D eigenvalue weighted by molar-refractivity contribution is 9.10. The summed E-state index contributed by atoms with van der Waals surface area (Å²) in [5, 5.41) is 0. The second kappa shape index (κ2) is 6.01. The molecule has 0 amide bonds. The number of carbonyl (C=O) groups is 1. The van der Waals surface area contributed by atoms with E-state index in [9.17, 15) is 4.79 Å². The van der Waals surface area contributed by atoms with Crippen molar-refractivity contribution in [2.75, 3.05) is 13.7 Å². The van der Waals surface area contributed by atoms with E-state index in [2.05, 4.69) is 15.9 Å². The van der Waals surface area contributed by atoms with Crippen molar-refractivity contribution in [2.45, 2.75) is 19.8 Å². The third kappa shape index (κ3) is 2.83. The first-order valence-electron chi connectivity index (χ1n) is 5.23. The Morgan fingerprint density at radius 3 is 2.69 bits per heavy atom. The number of ketones is 1. The van der Waals surface area contributed by atoms with Gasteiger partial charge in [0.25, 0.3) is 0 Å². The van der Waals surface area contributed by atoms with Crippen LogP contribution in [0.2, 0.25) is 0 Å². The van der Waals surface area contributed by atoms with Crippen molar-refractivity contribution in [2.24, 2.45) is 5.73 Å². The van der Waals surface area contributed by atoms with Gasteiger partial charge in [-0.15, -0.1) is 0 Å². The molecular weight excluding hydrogens is 270 g/mol. The molecule has 0 saturated carbocycles. The molecule has 0 fully saturated rings. The van der Waals surface area contributed by atoms with E-state index >= 15 is 0 Å². The molecule has 1 rings (SSSR count). The Bertz CT molecular complexity index is 391. The average Bonchev–Trinajstić information content (AvgIpc) is 2.28. The zero-order valence-electron chi connectivity index (χ0n) is 9.55. The third-order valence-electron chi connectivity index (χ3n) is 2.39. The molecular formula is C12H16BrNO2. The minimum Gasteiger partial charge on any atom is -0.495 e. The van der Waals surface area contributed by atoms with E-state index in [-0.39, 0.29) is 5.78 Å². The zero-order chi connectivity index (χ0) is 12.1. The molecule has 1 aromatic carbocycles. The molecule has 0 spiro atoms. The Hall–Kier alpha value is -0.870. The first kappa shape index (κ1) is 13.2. The third-order valence-corrected chi connectivity index (χ3v) is 2.98. The molecule has 0 bridgehead atoms. The van der Waals surface area contributed by atoms with Crippen LogP contribution in [0.25, 0.3) is 0 Å². The number of carbonyl (C=O) groups excluding carboxylic acids is 1. The van der Waals surface area contributed by atoms with Gasteiger partial charge in [-0.2, -0.15) is 0 Å². The van der Waals surface area contributed by atoms with Gasteiger partial charge in [0.15, 0.2) is 5.78 Å². The highest BCUT2D eigenvalue weighted by atomic mass is 79.9. The van der Waals surface area contributed by atoms with Gasteiger partial charge >= 0.3 is 0 Å². The molecule has 0 aliphatic heterocycles. The van der Waals surface area contributed by atoms with Crippen LogP contribution in [0.15, 0.2) is 16.6 Å². The molecule has 3 nitrogen and oxygen atoms in total. The summed E-state index contributed by atoms with van der Waals surface area (Å²) < 4.78 is 6.05. The van der Waals surface area contributed by atoms with Gasteiger partial charge in [-0.1, -0.05) is 6.92 Å². The molecule has 0 aliphatic rings. The monoisotopic (exact) mass is 285 g/mol. The number of ether oxygens (including phenoxy) is 1. The lowest BCUT2D eigenvalue weighted by molar-refractivity contribution is 0.0982. The van der Waals surface area contributed by atoms with Crippen LogP contribution in [0.4, 0.5) is 0 Å².